The molecule has 1 aromatic carbocycles. The molecule has 0 aliphatic carbocycles. The van der Waals surface area contributed by atoms with Gasteiger partial charge in [-0.2, -0.15) is 5.48 Å². The maximum absolute atomic E-state index is 12.6. The summed E-state index contributed by atoms with van der Waals surface area (Å²) in [6.45, 7) is 2.77. The summed E-state index contributed by atoms with van der Waals surface area (Å²) in [7, 11) is 0. The molecule has 1 aromatic rings. The van der Waals surface area contributed by atoms with Crippen LogP contribution in [0.2, 0.25) is 5.02 Å². The van der Waals surface area contributed by atoms with Crippen LogP contribution in [0.5, 0.6) is 0 Å². The Morgan fingerprint density at radius 2 is 2.09 bits per heavy atom. The minimum atomic E-state index is -1.29. The number of fused-ring (bicyclic) bond motifs is 1. The van der Waals surface area contributed by atoms with Gasteiger partial charge in [0.1, 0.15) is 29.8 Å². The summed E-state index contributed by atoms with van der Waals surface area (Å²) in [5.74, 6) is -2.60. The topological polar surface area (TPSA) is 134 Å². The summed E-state index contributed by atoms with van der Waals surface area (Å²) < 4.78 is 4.89. The molecule has 0 aromatic heterocycles. The third-order valence-electron chi connectivity index (χ3n) is 4.78. The molecule has 32 heavy (non-hydrogen) atoms. The first-order valence-electron chi connectivity index (χ1n) is 9.64. The Bertz CT molecular complexity index is 970. The molecule has 10 nitrogen and oxygen atoms in total. The van der Waals surface area contributed by atoms with E-state index in [0.717, 1.165) is 10.5 Å². The average molecular weight is 484 g/mol. The smallest absolute Gasteiger partial charge is 0.352 e. The van der Waals surface area contributed by atoms with Crippen molar-refractivity contribution in [3.05, 3.63) is 46.1 Å². The summed E-state index contributed by atoms with van der Waals surface area (Å²) in [4.78, 5) is 54.3. The van der Waals surface area contributed by atoms with Crippen LogP contribution in [0.4, 0.5) is 0 Å². The van der Waals surface area contributed by atoms with E-state index in [1.54, 1.807) is 25.1 Å². The van der Waals surface area contributed by atoms with E-state index in [1.807, 2.05) is 6.07 Å². The number of carboxylic acid groups (broad SMARTS) is 1. The lowest BCUT2D eigenvalue weighted by Crippen LogP contribution is -2.71. The molecule has 2 unspecified atom stereocenters. The van der Waals surface area contributed by atoms with E-state index in [-0.39, 0.29) is 24.7 Å². The van der Waals surface area contributed by atoms with Crippen LogP contribution in [0.25, 0.3) is 0 Å². The number of hydrogen-bond acceptors (Lipinski definition) is 8. The molecule has 3 N–H and O–H groups in total. The van der Waals surface area contributed by atoms with E-state index in [4.69, 9.17) is 21.2 Å². The lowest BCUT2D eigenvalue weighted by Gasteiger charge is -2.49. The zero-order chi connectivity index (χ0) is 23.4. The van der Waals surface area contributed by atoms with E-state index in [9.17, 15) is 24.3 Å². The van der Waals surface area contributed by atoms with Crippen LogP contribution in [0, 0.1) is 0 Å². The number of benzene rings is 1. The normalized spacial score (nSPS) is 20.8. The molecule has 2 amide bonds. The van der Waals surface area contributed by atoms with Gasteiger partial charge in [-0.15, -0.1) is 11.8 Å². The summed E-state index contributed by atoms with van der Waals surface area (Å²) >= 11 is 7.21. The van der Waals surface area contributed by atoms with Crippen molar-refractivity contribution in [1.29, 1.82) is 0 Å². The number of esters is 1. The highest BCUT2D eigenvalue weighted by molar-refractivity contribution is 8.00. The Morgan fingerprint density at radius 1 is 1.34 bits per heavy atom. The molecule has 0 radical (unpaired) electrons. The monoisotopic (exact) mass is 483 g/mol. The highest BCUT2D eigenvalue weighted by atomic mass is 35.5. The number of halogens is 1. The minimum absolute atomic E-state index is 0.185. The number of thioether (sulfide) groups is 1. The molecule has 172 valence electrons. The van der Waals surface area contributed by atoms with Crippen molar-refractivity contribution in [3.63, 3.8) is 0 Å². The molecule has 0 saturated carbocycles. The minimum Gasteiger partial charge on any atom is -0.477 e. The number of ether oxygens (including phenoxy) is 1. The van der Waals surface area contributed by atoms with Crippen molar-refractivity contribution in [2.45, 2.75) is 37.9 Å². The van der Waals surface area contributed by atoms with Crippen LogP contribution in [-0.2, 0) is 35.4 Å². The van der Waals surface area contributed by atoms with Crippen LogP contribution in [0.15, 0.2) is 35.5 Å². The van der Waals surface area contributed by atoms with Crippen LogP contribution in [0.3, 0.4) is 0 Å². The van der Waals surface area contributed by atoms with Gasteiger partial charge < -0.3 is 15.2 Å². The molecular weight excluding hydrogens is 462 g/mol. The molecule has 12 heteroatoms. The first-order chi connectivity index (χ1) is 15.2. The average Bonchev–Trinajstić information content (AvgIpc) is 2.74. The maximum Gasteiger partial charge on any atom is 0.352 e. The van der Waals surface area contributed by atoms with E-state index in [0.29, 0.717) is 10.6 Å². The van der Waals surface area contributed by atoms with Crippen molar-refractivity contribution in [2.24, 2.45) is 0 Å². The van der Waals surface area contributed by atoms with Gasteiger partial charge in [0, 0.05) is 23.3 Å². The molecule has 2 aliphatic heterocycles. The van der Waals surface area contributed by atoms with Crippen molar-refractivity contribution < 1.29 is 33.9 Å². The molecule has 0 bridgehead atoms. The first-order valence-corrected chi connectivity index (χ1v) is 11.1. The van der Waals surface area contributed by atoms with Crippen molar-refractivity contribution in [3.8, 4) is 0 Å². The Labute approximate surface area is 193 Å². The van der Waals surface area contributed by atoms with Crippen molar-refractivity contribution in [1.82, 2.24) is 15.7 Å². The lowest BCUT2D eigenvalue weighted by molar-refractivity contribution is -0.151. The second kappa shape index (κ2) is 10.3. The highest BCUT2D eigenvalue weighted by Crippen LogP contribution is 2.40. The lowest BCUT2D eigenvalue weighted by atomic mass is 10.0. The molecule has 3 atom stereocenters. The van der Waals surface area contributed by atoms with Gasteiger partial charge in [-0.1, -0.05) is 23.7 Å². The first kappa shape index (κ1) is 24.1. The summed E-state index contributed by atoms with van der Waals surface area (Å²) in [5, 5.41) is 12.2. The van der Waals surface area contributed by atoms with E-state index >= 15 is 0 Å². The molecule has 0 spiro atoms. The fraction of sp³-hybridized carbons (Fsp3) is 0.400. The third kappa shape index (κ3) is 5.41. The molecular formula is C20H22ClN3O7S. The van der Waals surface area contributed by atoms with Gasteiger partial charge in [0.05, 0.1) is 6.61 Å². The number of hydrogen-bond donors (Lipinski definition) is 3. The summed E-state index contributed by atoms with van der Waals surface area (Å²) in [6.07, 6.45) is 0. The number of carboxylic acids is 1. The zero-order valence-electron chi connectivity index (χ0n) is 17.3. The number of carbonyl (C=O) groups is 4. The number of nitrogens with one attached hydrogen (secondary N) is 2. The second-order valence-electron chi connectivity index (χ2n) is 7.19. The standard InChI is InChI=1S/C20H22ClN3O7S/c1-10(23-31-7-12-4-3-5-14(21)6-12)17(26)22-15-18(27)24-16(20(28)29)13(8-30-11(2)25)9-32-19(15)24/h3-6,10,15,19,23H,7-9H2,1-2H3,(H,22,26)(H,28,29)/t10?,15-,19?/m1/s1. The van der Waals surface area contributed by atoms with Crippen molar-refractivity contribution >= 4 is 47.1 Å². The number of amides is 2. The molecule has 3 rings (SSSR count). The van der Waals surface area contributed by atoms with E-state index in [1.165, 1.54) is 18.7 Å². The van der Waals surface area contributed by atoms with Gasteiger partial charge in [0.15, 0.2) is 0 Å². The molecule has 2 aliphatic rings. The third-order valence-corrected chi connectivity index (χ3v) is 6.35. The van der Waals surface area contributed by atoms with Gasteiger partial charge in [0.25, 0.3) is 5.91 Å². The summed E-state index contributed by atoms with van der Waals surface area (Å²) in [5.41, 5.74) is 3.55. The fourth-order valence-electron chi connectivity index (χ4n) is 3.19. The predicted octanol–water partition coefficient (Wildman–Crippen LogP) is 1.05. The molecule has 2 heterocycles. The van der Waals surface area contributed by atoms with Crippen LogP contribution in [-0.4, -0.2) is 63.6 Å². The van der Waals surface area contributed by atoms with Gasteiger partial charge in [-0.3, -0.25) is 24.1 Å². The Kier molecular flexibility index (Phi) is 7.77. The van der Waals surface area contributed by atoms with Crippen LogP contribution in [0.1, 0.15) is 19.4 Å². The highest BCUT2D eigenvalue weighted by Gasteiger charge is 2.54. The fourth-order valence-corrected chi connectivity index (χ4v) is 4.73. The second-order valence-corrected chi connectivity index (χ2v) is 8.73. The van der Waals surface area contributed by atoms with Gasteiger partial charge in [0.2, 0.25) is 5.91 Å². The predicted molar refractivity (Wildman–Crippen MR) is 115 cm³/mol. The number of nitrogens with zero attached hydrogens (tertiary/aromatic N) is 1. The number of aliphatic carboxylic acids is 1. The van der Waals surface area contributed by atoms with Crippen LogP contribution < -0.4 is 10.8 Å². The van der Waals surface area contributed by atoms with Gasteiger partial charge in [-0.25, -0.2) is 4.79 Å². The largest absolute Gasteiger partial charge is 0.477 e. The maximum atomic E-state index is 12.6. The Hall–Kier alpha value is -2.60. The quantitative estimate of drug-likeness (QED) is 0.267. The van der Waals surface area contributed by atoms with E-state index < -0.39 is 41.2 Å². The van der Waals surface area contributed by atoms with Gasteiger partial charge >= 0.3 is 11.9 Å². The number of carbonyl (C=O) groups excluding carboxylic acids is 3. The Morgan fingerprint density at radius 3 is 2.75 bits per heavy atom. The van der Waals surface area contributed by atoms with Crippen molar-refractivity contribution in [2.75, 3.05) is 12.4 Å². The van der Waals surface area contributed by atoms with Crippen LogP contribution >= 0.6 is 23.4 Å². The SMILES string of the molecule is CC(=O)OCC1=C(C(=O)O)N2C(=O)[C@@H](NC(=O)C(C)NOCc3cccc(Cl)c3)C2SC1. The zero-order valence-corrected chi connectivity index (χ0v) is 18.9. The molecule has 1 saturated heterocycles. The summed E-state index contributed by atoms with van der Waals surface area (Å²) in [6, 6.07) is 5.45. The van der Waals surface area contributed by atoms with E-state index in [2.05, 4.69) is 10.8 Å². The number of rotatable bonds is 9. The van der Waals surface area contributed by atoms with Gasteiger partial charge in [-0.05, 0) is 24.6 Å². The Balaban J connectivity index is 1.55. The molecule has 1 fully saturated rings. The number of β-lactam (4-membered cyclic amide) rings is 1. The number of hydroxylamine groups is 1.